The highest BCUT2D eigenvalue weighted by Crippen LogP contribution is 2.32. The Morgan fingerprint density at radius 1 is 1.03 bits per heavy atom. The van der Waals surface area contributed by atoms with Crippen LogP contribution in [0, 0.1) is 12.8 Å². The van der Waals surface area contributed by atoms with E-state index in [-0.39, 0.29) is 39.8 Å². The maximum absolute atomic E-state index is 13.2. The number of carbonyl (C=O) groups is 2. The SMILES string of the molecule is CCN(C(=O)c1ccc(NC(=O)Cc2ccc(S(=O)(=O)CC3CC3)cc2)cc1Cl)c1ccccc1C. The predicted octanol–water partition coefficient (Wildman–Crippen LogP) is 5.68. The Morgan fingerprint density at radius 3 is 2.33 bits per heavy atom. The van der Waals surface area contributed by atoms with Crippen LogP contribution in [0.25, 0.3) is 0 Å². The lowest BCUT2D eigenvalue weighted by Gasteiger charge is -2.23. The Labute approximate surface area is 217 Å². The third-order valence-electron chi connectivity index (χ3n) is 6.25. The summed E-state index contributed by atoms with van der Waals surface area (Å²) in [5, 5.41) is 3.04. The highest BCUT2D eigenvalue weighted by Gasteiger charge is 2.29. The van der Waals surface area contributed by atoms with Crippen molar-refractivity contribution in [2.45, 2.75) is 38.0 Å². The van der Waals surface area contributed by atoms with E-state index in [4.69, 9.17) is 11.6 Å². The first kappa shape index (κ1) is 25.9. The Hall–Kier alpha value is -3.16. The molecule has 1 fully saturated rings. The fourth-order valence-corrected chi connectivity index (χ4v) is 6.06. The van der Waals surface area contributed by atoms with E-state index in [9.17, 15) is 18.0 Å². The number of anilines is 2. The number of aryl methyl sites for hydroxylation is 1. The van der Waals surface area contributed by atoms with E-state index in [0.29, 0.717) is 23.4 Å². The van der Waals surface area contributed by atoms with Crippen LogP contribution >= 0.6 is 11.6 Å². The zero-order valence-electron chi connectivity index (χ0n) is 20.3. The number of para-hydroxylation sites is 1. The molecule has 188 valence electrons. The topological polar surface area (TPSA) is 83.6 Å². The fourth-order valence-electron chi connectivity index (χ4n) is 4.10. The number of rotatable bonds is 9. The van der Waals surface area contributed by atoms with Gasteiger partial charge in [0, 0.05) is 17.9 Å². The molecule has 2 amide bonds. The van der Waals surface area contributed by atoms with E-state index in [1.54, 1.807) is 47.4 Å². The second-order valence-corrected chi connectivity index (χ2v) is 11.6. The molecule has 0 aromatic heterocycles. The first-order valence-electron chi connectivity index (χ1n) is 12.0. The molecule has 0 atom stereocenters. The van der Waals surface area contributed by atoms with E-state index in [1.165, 1.54) is 0 Å². The van der Waals surface area contributed by atoms with Gasteiger partial charge < -0.3 is 10.2 Å². The summed E-state index contributed by atoms with van der Waals surface area (Å²) in [7, 11) is -3.28. The van der Waals surface area contributed by atoms with Gasteiger partial charge in [-0.2, -0.15) is 0 Å². The van der Waals surface area contributed by atoms with Gasteiger partial charge in [0.1, 0.15) is 0 Å². The molecule has 0 aliphatic heterocycles. The van der Waals surface area contributed by atoms with Crippen LogP contribution in [-0.4, -0.2) is 32.5 Å². The molecule has 1 N–H and O–H groups in total. The second-order valence-electron chi connectivity index (χ2n) is 9.12. The van der Waals surface area contributed by atoms with Crippen molar-refractivity contribution in [2.24, 2.45) is 5.92 Å². The average molecular weight is 525 g/mol. The van der Waals surface area contributed by atoms with Crippen LogP contribution in [-0.2, 0) is 21.1 Å². The molecule has 0 spiro atoms. The Kier molecular flexibility index (Phi) is 7.81. The van der Waals surface area contributed by atoms with Crippen molar-refractivity contribution in [3.8, 4) is 0 Å². The van der Waals surface area contributed by atoms with Crippen molar-refractivity contribution in [3.63, 3.8) is 0 Å². The van der Waals surface area contributed by atoms with Gasteiger partial charge >= 0.3 is 0 Å². The van der Waals surface area contributed by atoms with Gasteiger partial charge in [-0.05, 0) is 80.1 Å². The minimum atomic E-state index is -3.28. The van der Waals surface area contributed by atoms with E-state index in [0.717, 1.165) is 24.1 Å². The van der Waals surface area contributed by atoms with Crippen molar-refractivity contribution >= 4 is 44.6 Å². The first-order chi connectivity index (χ1) is 17.2. The van der Waals surface area contributed by atoms with Crippen molar-refractivity contribution in [3.05, 3.63) is 88.4 Å². The maximum Gasteiger partial charge on any atom is 0.259 e. The monoisotopic (exact) mass is 524 g/mol. The summed E-state index contributed by atoms with van der Waals surface area (Å²) in [4.78, 5) is 27.7. The molecule has 1 saturated carbocycles. The van der Waals surface area contributed by atoms with Crippen LogP contribution in [0.1, 0.15) is 41.3 Å². The van der Waals surface area contributed by atoms with Crippen LogP contribution in [0.2, 0.25) is 5.02 Å². The first-order valence-corrected chi connectivity index (χ1v) is 14.0. The fraction of sp³-hybridized carbons (Fsp3) is 0.286. The zero-order chi connectivity index (χ0) is 25.9. The predicted molar refractivity (Wildman–Crippen MR) is 144 cm³/mol. The molecule has 1 aliphatic rings. The lowest BCUT2D eigenvalue weighted by Crippen LogP contribution is -2.31. The van der Waals surface area contributed by atoms with Gasteiger partial charge in [0.05, 0.1) is 27.7 Å². The average Bonchev–Trinajstić information content (AvgIpc) is 3.64. The van der Waals surface area contributed by atoms with Gasteiger partial charge in [-0.25, -0.2) is 8.42 Å². The number of benzene rings is 3. The molecule has 6 nitrogen and oxygen atoms in total. The molecule has 0 heterocycles. The molecule has 0 saturated heterocycles. The third-order valence-corrected chi connectivity index (χ3v) is 8.46. The van der Waals surface area contributed by atoms with Crippen LogP contribution < -0.4 is 10.2 Å². The van der Waals surface area contributed by atoms with Gasteiger partial charge in [-0.1, -0.05) is 41.9 Å². The number of amides is 2. The molecule has 3 aromatic rings. The van der Waals surface area contributed by atoms with Crippen molar-refractivity contribution in [1.29, 1.82) is 0 Å². The van der Waals surface area contributed by atoms with Gasteiger partial charge in [0.15, 0.2) is 9.84 Å². The summed E-state index contributed by atoms with van der Waals surface area (Å²) in [5.41, 5.74) is 3.34. The number of sulfone groups is 1. The maximum atomic E-state index is 13.2. The molecule has 36 heavy (non-hydrogen) atoms. The molecular formula is C28H29ClN2O4S. The van der Waals surface area contributed by atoms with E-state index in [1.807, 2.05) is 38.1 Å². The van der Waals surface area contributed by atoms with Gasteiger partial charge in [0.2, 0.25) is 5.91 Å². The summed E-state index contributed by atoms with van der Waals surface area (Å²) in [6.07, 6.45) is 2.03. The molecule has 0 bridgehead atoms. The third kappa shape index (κ3) is 6.15. The van der Waals surface area contributed by atoms with E-state index < -0.39 is 9.84 Å². The highest BCUT2D eigenvalue weighted by atomic mass is 35.5. The quantitative estimate of drug-likeness (QED) is 0.390. The van der Waals surface area contributed by atoms with Crippen molar-refractivity contribution in [2.75, 3.05) is 22.5 Å². The van der Waals surface area contributed by atoms with Gasteiger partial charge in [-0.15, -0.1) is 0 Å². The van der Waals surface area contributed by atoms with Crippen LogP contribution in [0.5, 0.6) is 0 Å². The number of nitrogens with one attached hydrogen (secondary N) is 1. The normalized spacial score (nSPS) is 13.3. The standard InChI is InChI=1S/C28H29ClN2O4S/c1-3-31(26-7-5-4-6-19(26)2)28(33)24-15-12-22(17-25(24)29)30-27(32)16-20-10-13-23(14-11-20)36(34,35)18-21-8-9-21/h4-7,10-15,17,21H,3,8-9,16,18H2,1-2H3,(H,30,32). The molecule has 1 aliphatic carbocycles. The second kappa shape index (κ2) is 10.8. The van der Waals surface area contributed by atoms with Crippen LogP contribution in [0.15, 0.2) is 71.6 Å². The van der Waals surface area contributed by atoms with Gasteiger partial charge in [0.25, 0.3) is 5.91 Å². The summed E-state index contributed by atoms with van der Waals surface area (Å²) in [6, 6.07) is 18.9. The largest absolute Gasteiger partial charge is 0.326 e. The number of hydrogen-bond donors (Lipinski definition) is 1. The Morgan fingerprint density at radius 2 is 1.72 bits per heavy atom. The molecular weight excluding hydrogens is 496 g/mol. The smallest absolute Gasteiger partial charge is 0.259 e. The minimum Gasteiger partial charge on any atom is -0.326 e. The number of nitrogens with zero attached hydrogens (tertiary/aromatic N) is 1. The lowest BCUT2D eigenvalue weighted by molar-refractivity contribution is -0.115. The summed E-state index contributed by atoms with van der Waals surface area (Å²) in [5.74, 6) is -0.0192. The Balaban J connectivity index is 1.40. The summed E-state index contributed by atoms with van der Waals surface area (Å²) >= 11 is 6.44. The number of carbonyl (C=O) groups excluding carboxylic acids is 2. The molecule has 8 heteroatoms. The van der Waals surface area contributed by atoms with Crippen molar-refractivity contribution in [1.82, 2.24) is 0 Å². The van der Waals surface area contributed by atoms with Crippen LogP contribution in [0.3, 0.4) is 0 Å². The number of hydrogen-bond acceptors (Lipinski definition) is 4. The van der Waals surface area contributed by atoms with Gasteiger partial charge in [-0.3, -0.25) is 9.59 Å². The Bertz CT molecular complexity index is 1380. The summed E-state index contributed by atoms with van der Waals surface area (Å²) < 4.78 is 24.8. The lowest BCUT2D eigenvalue weighted by atomic mass is 10.1. The molecule has 4 rings (SSSR count). The molecule has 0 unspecified atom stereocenters. The summed E-state index contributed by atoms with van der Waals surface area (Å²) in [6.45, 7) is 4.34. The van der Waals surface area contributed by atoms with E-state index in [2.05, 4.69) is 5.32 Å². The molecule has 3 aromatic carbocycles. The highest BCUT2D eigenvalue weighted by molar-refractivity contribution is 7.91. The number of halogens is 1. The minimum absolute atomic E-state index is 0.0815. The van der Waals surface area contributed by atoms with Crippen LogP contribution in [0.4, 0.5) is 11.4 Å². The van der Waals surface area contributed by atoms with E-state index >= 15 is 0 Å². The zero-order valence-corrected chi connectivity index (χ0v) is 21.9. The molecule has 0 radical (unpaired) electrons. The van der Waals surface area contributed by atoms with Crippen molar-refractivity contribution < 1.29 is 18.0 Å².